The molecule has 0 aliphatic heterocycles. The molecular weight excluding hydrogens is 281 g/mol. The van der Waals surface area contributed by atoms with Crippen LogP contribution < -0.4 is 10.1 Å². The number of halogens is 1. The van der Waals surface area contributed by atoms with Gasteiger partial charge < -0.3 is 10.1 Å². The van der Waals surface area contributed by atoms with E-state index >= 15 is 0 Å². The summed E-state index contributed by atoms with van der Waals surface area (Å²) in [7, 11) is 0. The molecule has 0 aliphatic carbocycles. The van der Waals surface area contributed by atoms with Gasteiger partial charge in [0.25, 0.3) is 5.91 Å². The molecule has 0 saturated carbocycles. The largest absolute Gasteiger partial charge is 0.481 e. The van der Waals surface area contributed by atoms with Crippen molar-refractivity contribution in [2.75, 3.05) is 5.32 Å². The minimum absolute atomic E-state index is 0.201. The van der Waals surface area contributed by atoms with E-state index in [4.69, 9.17) is 4.74 Å². The van der Waals surface area contributed by atoms with E-state index in [9.17, 15) is 9.18 Å². The molecule has 4 heteroatoms. The first-order valence-corrected chi connectivity index (χ1v) is 7.45. The zero-order valence-corrected chi connectivity index (χ0v) is 12.8. The number of anilines is 1. The van der Waals surface area contributed by atoms with Crippen LogP contribution in [0.5, 0.6) is 5.75 Å². The maximum Gasteiger partial charge on any atom is 0.265 e. The van der Waals surface area contributed by atoms with Gasteiger partial charge in [0.15, 0.2) is 6.10 Å². The Hall–Kier alpha value is -2.36. The van der Waals surface area contributed by atoms with Gasteiger partial charge in [-0.25, -0.2) is 4.39 Å². The number of hydrogen-bond acceptors (Lipinski definition) is 2. The third-order valence-electron chi connectivity index (χ3n) is 3.41. The highest BCUT2D eigenvalue weighted by Gasteiger charge is 2.19. The SMILES string of the molecule is CCc1ccccc1NC(=O)[C@H](CC)Oc1ccc(F)cc1. The molecule has 2 aromatic carbocycles. The van der Waals surface area contributed by atoms with Gasteiger partial charge in [-0.3, -0.25) is 4.79 Å². The number of rotatable bonds is 6. The number of hydrogen-bond donors (Lipinski definition) is 1. The Labute approximate surface area is 130 Å². The molecule has 0 aliphatic rings. The summed E-state index contributed by atoms with van der Waals surface area (Å²) in [5.41, 5.74) is 1.88. The van der Waals surface area contributed by atoms with E-state index in [-0.39, 0.29) is 11.7 Å². The van der Waals surface area contributed by atoms with Crippen molar-refractivity contribution < 1.29 is 13.9 Å². The summed E-state index contributed by atoms with van der Waals surface area (Å²) in [4.78, 5) is 12.4. The summed E-state index contributed by atoms with van der Waals surface area (Å²) in [5, 5.41) is 2.91. The third-order valence-corrected chi connectivity index (χ3v) is 3.41. The van der Waals surface area contributed by atoms with Crippen LogP contribution in [-0.2, 0) is 11.2 Å². The molecule has 0 unspecified atom stereocenters. The van der Waals surface area contributed by atoms with Crippen LogP contribution in [0.4, 0.5) is 10.1 Å². The lowest BCUT2D eigenvalue weighted by Gasteiger charge is -2.18. The number of nitrogens with one attached hydrogen (secondary N) is 1. The molecule has 0 radical (unpaired) electrons. The zero-order valence-electron chi connectivity index (χ0n) is 12.8. The molecule has 22 heavy (non-hydrogen) atoms. The first-order valence-electron chi connectivity index (χ1n) is 7.45. The van der Waals surface area contributed by atoms with Crippen molar-refractivity contribution in [2.24, 2.45) is 0 Å². The van der Waals surface area contributed by atoms with E-state index in [0.717, 1.165) is 17.7 Å². The predicted molar refractivity (Wildman–Crippen MR) is 85.6 cm³/mol. The van der Waals surface area contributed by atoms with Gasteiger partial charge in [0.2, 0.25) is 0 Å². The standard InChI is InChI=1S/C18H20FNO2/c1-3-13-7-5-6-8-16(13)20-18(21)17(4-2)22-15-11-9-14(19)10-12-15/h5-12,17H,3-4H2,1-2H3,(H,20,21)/t17-/m0/s1. The minimum atomic E-state index is -0.615. The average molecular weight is 301 g/mol. The molecule has 1 amide bonds. The van der Waals surface area contributed by atoms with Crippen molar-refractivity contribution in [3.63, 3.8) is 0 Å². The highest BCUT2D eigenvalue weighted by Crippen LogP contribution is 2.18. The second-order valence-electron chi connectivity index (χ2n) is 4.97. The second kappa shape index (κ2) is 7.59. The Balaban J connectivity index is 2.07. The lowest BCUT2D eigenvalue weighted by molar-refractivity contribution is -0.122. The normalized spacial score (nSPS) is 11.8. The fraction of sp³-hybridized carbons (Fsp3) is 0.278. The first-order chi connectivity index (χ1) is 10.6. The number of ether oxygens (including phenoxy) is 1. The fourth-order valence-electron chi connectivity index (χ4n) is 2.16. The Kier molecular flexibility index (Phi) is 5.53. The van der Waals surface area contributed by atoms with Crippen molar-refractivity contribution >= 4 is 11.6 Å². The Morgan fingerprint density at radius 1 is 1.14 bits per heavy atom. The lowest BCUT2D eigenvalue weighted by atomic mass is 10.1. The quantitative estimate of drug-likeness (QED) is 0.869. The van der Waals surface area contributed by atoms with Gasteiger partial charge >= 0.3 is 0 Å². The van der Waals surface area contributed by atoms with Crippen molar-refractivity contribution in [3.05, 3.63) is 59.9 Å². The molecule has 0 heterocycles. The molecule has 1 N–H and O–H groups in total. The molecule has 0 fully saturated rings. The Bertz CT molecular complexity index is 625. The van der Waals surface area contributed by atoms with Crippen LogP contribution in [0.25, 0.3) is 0 Å². The topological polar surface area (TPSA) is 38.3 Å². The highest BCUT2D eigenvalue weighted by molar-refractivity contribution is 5.95. The predicted octanol–water partition coefficient (Wildman–Crippen LogP) is 4.18. The molecule has 0 saturated heterocycles. The van der Waals surface area contributed by atoms with Crippen molar-refractivity contribution in [1.82, 2.24) is 0 Å². The molecule has 2 rings (SSSR count). The van der Waals surface area contributed by atoms with E-state index in [1.165, 1.54) is 24.3 Å². The number of carbonyl (C=O) groups is 1. The fourth-order valence-corrected chi connectivity index (χ4v) is 2.16. The molecule has 2 aromatic rings. The van der Waals surface area contributed by atoms with E-state index in [1.54, 1.807) is 0 Å². The maximum absolute atomic E-state index is 12.9. The van der Waals surface area contributed by atoms with Crippen LogP contribution in [0.3, 0.4) is 0 Å². The van der Waals surface area contributed by atoms with Gasteiger partial charge in [0.1, 0.15) is 11.6 Å². The Morgan fingerprint density at radius 2 is 1.82 bits per heavy atom. The summed E-state index contributed by atoms with van der Waals surface area (Å²) < 4.78 is 18.5. The number of amides is 1. The number of aryl methyl sites for hydroxylation is 1. The molecule has 0 bridgehead atoms. The summed E-state index contributed by atoms with van der Waals surface area (Å²) in [6, 6.07) is 13.4. The van der Waals surface area contributed by atoms with Gasteiger partial charge in [-0.05, 0) is 48.7 Å². The van der Waals surface area contributed by atoms with Crippen molar-refractivity contribution in [3.8, 4) is 5.75 Å². The summed E-state index contributed by atoms with van der Waals surface area (Å²) in [6.45, 7) is 3.91. The van der Waals surface area contributed by atoms with Crippen LogP contribution >= 0.6 is 0 Å². The molecular formula is C18H20FNO2. The smallest absolute Gasteiger partial charge is 0.265 e. The van der Waals surface area contributed by atoms with Gasteiger partial charge in [0.05, 0.1) is 0 Å². The molecule has 116 valence electrons. The van der Waals surface area contributed by atoms with E-state index < -0.39 is 6.10 Å². The lowest BCUT2D eigenvalue weighted by Crippen LogP contribution is -2.32. The Morgan fingerprint density at radius 3 is 2.45 bits per heavy atom. The average Bonchev–Trinajstić information content (AvgIpc) is 2.54. The van der Waals surface area contributed by atoms with E-state index in [1.807, 2.05) is 38.1 Å². The second-order valence-corrected chi connectivity index (χ2v) is 4.97. The summed E-state index contributed by atoms with van der Waals surface area (Å²) >= 11 is 0. The van der Waals surface area contributed by atoms with Crippen LogP contribution in [0.1, 0.15) is 25.8 Å². The first kappa shape index (κ1) is 16.0. The maximum atomic E-state index is 12.9. The van der Waals surface area contributed by atoms with Crippen molar-refractivity contribution in [1.29, 1.82) is 0 Å². The van der Waals surface area contributed by atoms with E-state index in [2.05, 4.69) is 5.32 Å². The number of para-hydroxylation sites is 1. The highest BCUT2D eigenvalue weighted by atomic mass is 19.1. The molecule has 1 atom stereocenters. The van der Waals surface area contributed by atoms with Crippen LogP contribution in [0.2, 0.25) is 0 Å². The van der Waals surface area contributed by atoms with Gasteiger partial charge in [-0.1, -0.05) is 32.0 Å². The van der Waals surface area contributed by atoms with Crippen molar-refractivity contribution in [2.45, 2.75) is 32.8 Å². The van der Waals surface area contributed by atoms with Gasteiger partial charge in [0, 0.05) is 5.69 Å². The monoisotopic (exact) mass is 301 g/mol. The summed E-state index contributed by atoms with van der Waals surface area (Å²) in [6.07, 6.45) is 0.749. The summed E-state index contributed by atoms with van der Waals surface area (Å²) in [5.74, 6) is -0.0541. The van der Waals surface area contributed by atoms with Crippen LogP contribution in [0.15, 0.2) is 48.5 Å². The van der Waals surface area contributed by atoms with Crippen LogP contribution in [0, 0.1) is 5.82 Å². The van der Waals surface area contributed by atoms with Crippen LogP contribution in [-0.4, -0.2) is 12.0 Å². The third kappa shape index (κ3) is 4.07. The zero-order chi connectivity index (χ0) is 15.9. The number of benzene rings is 2. The van der Waals surface area contributed by atoms with E-state index in [0.29, 0.717) is 12.2 Å². The molecule has 0 spiro atoms. The van der Waals surface area contributed by atoms with Gasteiger partial charge in [-0.15, -0.1) is 0 Å². The number of carbonyl (C=O) groups excluding carboxylic acids is 1. The molecule has 3 nitrogen and oxygen atoms in total. The molecule has 0 aromatic heterocycles. The van der Waals surface area contributed by atoms with Gasteiger partial charge in [-0.2, -0.15) is 0 Å². The minimum Gasteiger partial charge on any atom is -0.481 e.